The van der Waals surface area contributed by atoms with Gasteiger partial charge in [-0.05, 0) is 29.7 Å². The third-order valence-corrected chi connectivity index (χ3v) is 3.62. The average molecular weight is 259 g/mol. The van der Waals surface area contributed by atoms with Gasteiger partial charge in [-0.2, -0.15) is 5.26 Å². The van der Waals surface area contributed by atoms with Crippen LogP contribution in [0.4, 0.5) is 0 Å². The molecule has 0 radical (unpaired) electrons. The molecule has 0 aromatic heterocycles. The number of hydrogen-bond acceptors (Lipinski definition) is 4. The van der Waals surface area contributed by atoms with Crippen LogP contribution in [0.15, 0.2) is 17.0 Å². The van der Waals surface area contributed by atoms with Gasteiger partial charge in [-0.15, -0.1) is 0 Å². The molecule has 86 valence electrons. The summed E-state index contributed by atoms with van der Waals surface area (Å²) < 4.78 is 22.4. The van der Waals surface area contributed by atoms with Gasteiger partial charge in [0.05, 0.1) is 16.5 Å². The lowest BCUT2D eigenvalue weighted by Crippen LogP contribution is -2.06. The Labute approximate surface area is 99.1 Å². The van der Waals surface area contributed by atoms with E-state index in [-0.39, 0.29) is 11.4 Å². The van der Waals surface area contributed by atoms with Crippen LogP contribution in [-0.4, -0.2) is 8.42 Å². The summed E-state index contributed by atoms with van der Waals surface area (Å²) in [5.74, 6) is 0. The first kappa shape index (κ1) is 13.0. The molecule has 0 saturated heterocycles. The maximum absolute atomic E-state index is 11.2. The van der Waals surface area contributed by atoms with Crippen molar-refractivity contribution in [2.75, 3.05) is 0 Å². The zero-order chi connectivity index (χ0) is 12.3. The van der Waals surface area contributed by atoms with E-state index in [1.807, 2.05) is 13.0 Å². The van der Waals surface area contributed by atoms with E-state index in [0.29, 0.717) is 17.5 Å². The molecule has 0 amide bonds. The Morgan fingerprint density at radius 2 is 2.12 bits per heavy atom. The Bertz CT molecular complexity index is 547. The van der Waals surface area contributed by atoms with Gasteiger partial charge in [0.1, 0.15) is 0 Å². The lowest BCUT2D eigenvalue weighted by Gasteiger charge is -2.09. The maximum Gasteiger partial charge on any atom is 0.261 e. The van der Waals surface area contributed by atoms with Crippen molar-refractivity contribution >= 4 is 19.7 Å². The van der Waals surface area contributed by atoms with Crippen molar-refractivity contribution in [1.82, 2.24) is 0 Å². The fraction of sp³-hybridized carbons (Fsp3) is 0.300. The smallest absolute Gasteiger partial charge is 0.261 e. The van der Waals surface area contributed by atoms with Gasteiger partial charge in [-0.1, -0.05) is 6.92 Å². The predicted octanol–water partition coefficient (Wildman–Crippen LogP) is 1.51. The molecule has 0 aliphatic heterocycles. The highest BCUT2D eigenvalue weighted by Crippen LogP contribution is 2.23. The van der Waals surface area contributed by atoms with Crippen molar-refractivity contribution in [2.45, 2.75) is 24.8 Å². The van der Waals surface area contributed by atoms with Crippen LogP contribution in [0.1, 0.15) is 23.6 Å². The second-order valence-corrected chi connectivity index (χ2v) is 5.78. The van der Waals surface area contributed by atoms with Gasteiger partial charge >= 0.3 is 0 Å². The second-order valence-electron chi connectivity index (χ2n) is 3.22. The van der Waals surface area contributed by atoms with Crippen molar-refractivity contribution in [3.05, 3.63) is 28.8 Å². The van der Waals surface area contributed by atoms with E-state index in [1.165, 1.54) is 12.1 Å². The molecule has 1 aromatic rings. The third-order valence-electron chi connectivity index (χ3n) is 2.29. The molecule has 0 heterocycles. The molecule has 0 aliphatic rings. The van der Waals surface area contributed by atoms with Gasteiger partial charge in [0, 0.05) is 17.2 Å². The molecule has 0 bridgehead atoms. The molecule has 0 spiro atoms. The van der Waals surface area contributed by atoms with Gasteiger partial charge in [0.2, 0.25) is 0 Å². The van der Waals surface area contributed by atoms with Crippen molar-refractivity contribution in [3.63, 3.8) is 0 Å². The first-order valence-electron chi connectivity index (χ1n) is 4.64. The van der Waals surface area contributed by atoms with Crippen LogP contribution in [0.25, 0.3) is 0 Å². The van der Waals surface area contributed by atoms with Crippen LogP contribution < -0.4 is 5.73 Å². The molecule has 0 atom stereocenters. The number of nitrogens with zero attached hydrogens (tertiary/aromatic N) is 1. The van der Waals surface area contributed by atoms with Crippen LogP contribution in [0, 0.1) is 11.3 Å². The number of nitrogens with two attached hydrogens (primary N) is 1. The highest BCUT2D eigenvalue weighted by molar-refractivity contribution is 8.13. The normalized spacial score (nSPS) is 11.1. The molecule has 0 saturated carbocycles. The average Bonchev–Trinajstić information content (AvgIpc) is 2.25. The SMILES string of the molecule is CCc1c(C#N)cc(S(=O)(=O)Cl)cc1CN. The largest absolute Gasteiger partial charge is 0.326 e. The highest BCUT2D eigenvalue weighted by atomic mass is 35.7. The maximum atomic E-state index is 11.2. The molecule has 16 heavy (non-hydrogen) atoms. The molecule has 2 N–H and O–H groups in total. The van der Waals surface area contributed by atoms with Crippen LogP contribution in [-0.2, 0) is 22.0 Å². The minimum atomic E-state index is -3.83. The van der Waals surface area contributed by atoms with Crippen LogP contribution in [0.5, 0.6) is 0 Å². The van der Waals surface area contributed by atoms with Gasteiger partial charge in [-0.3, -0.25) is 0 Å². The fourth-order valence-corrected chi connectivity index (χ4v) is 2.35. The summed E-state index contributed by atoms with van der Waals surface area (Å²) in [7, 11) is 1.41. The monoisotopic (exact) mass is 258 g/mol. The number of halogens is 1. The summed E-state index contributed by atoms with van der Waals surface area (Å²) in [4.78, 5) is -0.0802. The number of nitriles is 1. The van der Waals surface area contributed by atoms with Gasteiger partial charge in [0.15, 0.2) is 0 Å². The second kappa shape index (κ2) is 4.83. The highest BCUT2D eigenvalue weighted by Gasteiger charge is 2.15. The van der Waals surface area contributed by atoms with E-state index in [9.17, 15) is 8.42 Å². The van der Waals surface area contributed by atoms with Crippen molar-refractivity contribution in [3.8, 4) is 6.07 Å². The van der Waals surface area contributed by atoms with E-state index in [2.05, 4.69) is 0 Å². The molecule has 1 rings (SSSR count). The van der Waals surface area contributed by atoms with Crippen molar-refractivity contribution < 1.29 is 8.42 Å². The Kier molecular flexibility index (Phi) is 3.92. The topological polar surface area (TPSA) is 84.0 Å². The summed E-state index contributed by atoms with van der Waals surface area (Å²) in [6.07, 6.45) is 0.623. The molecule has 1 aromatic carbocycles. The van der Waals surface area contributed by atoms with E-state index >= 15 is 0 Å². The number of hydrogen-bond donors (Lipinski definition) is 1. The Morgan fingerprint density at radius 1 is 1.50 bits per heavy atom. The standard InChI is InChI=1S/C10H11ClN2O2S/c1-2-10-7(5-12)3-9(16(11,14)15)4-8(10)6-13/h3-4H,2,5,12H2,1H3. The first-order chi connectivity index (χ1) is 7.43. The Balaban J connectivity index is 3.58. The summed E-state index contributed by atoms with van der Waals surface area (Å²) in [6, 6.07) is 4.65. The quantitative estimate of drug-likeness (QED) is 0.833. The number of benzene rings is 1. The lowest BCUT2D eigenvalue weighted by atomic mass is 9.99. The van der Waals surface area contributed by atoms with E-state index in [1.54, 1.807) is 0 Å². The van der Waals surface area contributed by atoms with Crippen LogP contribution in [0.3, 0.4) is 0 Å². The minimum Gasteiger partial charge on any atom is -0.326 e. The summed E-state index contributed by atoms with van der Waals surface area (Å²) in [5, 5.41) is 8.93. The van der Waals surface area contributed by atoms with Crippen LogP contribution in [0.2, 0.25) is 0 Å². The third kappa shape index (κ3) is 2.53. The zero-order valence-electron chi connectivity index (χ0n) is 8.70. The van der Waals surface area contributed by atoms with E-state index < -0.39 is 9.05 Å². The van der Waals surface area contributed by atoms with Crippen molar-refractivity contribution in [2.24, 2.45) is 5.73 Å². The zero-order valence-corrected chi connectivity index (χ0v) is 10.3. The molecule has 6 heteroatoms. The predicted molar refractivity (Wildman–Crippen MR) is 61.5 cm³/mol. The summed E-state index contributed by atoms with van der Waals surface area (Å²) in [5.41, 5.74) is 7.24. The van der Waals surface area contributed by atoms with Crippen molar-refractivity contribution in [1.29, 1.82) is 5.26 Å². The Hall–Kier alpha value is -1.09. The van der Waals surface area contributed by atoms with E-state index in [0.717, 1.165) is 5.56 Å². The lowest BCUT2D eigenvalue weighted by molar-refractivity contribution is 0.609. The molecule has 0 fully saturated rings. The number of rotatable bonds is 3. The first-order valence-corrected chi connectivity index (χ1v) is 6.95. The molecular weight excluding hydrogens is 248 g/mol. The summed E-state index contributed by atoms with van der Waals surface area (Å²) >= 11 is 0. The summed E-state index contributed by atoms with van der Waals surface area (Å²) in [6.45, 7) is 2.06. The Morgan fingerprint density at radius 3 is 2.50 bits per heavy atom. The van der Waals surface area contributed by atoms with Gasteiger partial charge in [-0.25, -0.2) is 8.42 Å². The molecular formula is C10H11ClN2O2S. The minimum absolute atomic E-state index is 0.0802. The molecule has 4 nitrogen and oxygen atoms in total. The van der Waals surface area contributed by atoms with E-state index in [4.69, 9.17) is 21.7 Å². The molecule has 0 unspecified atom stereocenters. The fourth-order valence-electron chi connectivity index (χ4n) is 1.54. The van der Waals surface area contributed by atoms with Gasteiger partial charge in [0.25, 0.3) is 9.05 Å². The van der Waals surface area contributed by atoms with Crippen LogP contribution >= 0.6 is 10.7 Å². The molecule has 0 aliphatic carbocycles. The van der Waals surface area contributed by atoms with Gasteiger partial charge < -0.3 is 5.73 Å².